The number of para-hydroxylation sites is 1. The molecule has 2 heterocycles. The first-order chi connectivity index (χ1) is 13.7. The van der Waals surface area contributed by atoms with E-state index in [1.54, 1.807) is 18.2 Å². The Kier molecular flexibility index (Phi) is 5.85. The molecule has 4 rings (SSSR count). The number of nitrogens with one attached hydrogen (secondary N) is 1. The largest absolute Gasteiger partial charge is 0.434 e. The van der Waals surface area contributed by atoms with Crippen LogP contribution in [0.5, 0.6) is 5.75 Å². The fourth-order valence-corrected chi connectivity index (χ4v) is 3.26. The van der Waals surface area contributed by atoms with E-state index in [9.17, 15) is 8.78 Å². The summed E-state index contributed by atoms with van der Waals surface area (Å²) in [5.74, 6) is 0.850. The van der Waals surface area contributed by atoms with Crippen molar-refractivity contribution in [1.29, 1.82) is 0 Å². The average molecular weight is 433 g/mol. The number of nitrogens with zero attached hydrogens (tertiary/aromatic N) is 3. The van der Waals surface area contributed by atoms with Gasteiger partial charge in [-0.05, 0) is 29.8 Å². The van der Waals surface area contributed by atoms with E-state index in [4.69, 9.17) is 0 Å². The third-order valence-electron chi connectivity index (χ3n) is 4.79. The van der Waals surface area contributed by atoms with E-state index in [1.165, 1.54) is 6.07 Å². The summed E-state index contributed by atoms with van der Waals surface area (Å²) in [7, 11) is 1.89. The van der Waals surface area contributed by atoms with Crippen LogP contribution in [0.2, 0.25) is 0 Å². The highest BCUT2D eigenvalue weighted by Gasteiger charge is 2.21. The highest BCUT2D eigenvalue weighted by atomic mass is 35.5. The number of halogens is 3. The molecule has 0 saturated heterocycles. The standard InChI is InChI=1S/C22H22F2N4O.ClH/c1-22(2,3)19-12-17(28(4)27-19)20-25-15-10-9-13(11-16(15)26-20)14-7-5-6-8-18(14)29-21(23)24;/h5-12,21H,1-4H3,(H,25,26);1H. The number of benzene rings is 2. The molecule has 2 aromatic heterocycles. The van der Waals surface area contributed by atoms with E-state index in [0.29, 0.717) is 11.4 Å². The Bertz CT molecular complexity index is 1180. The monoisotopic (exact) mass is 432 g/mol. The molecule has 8 heteroatoms. The van der Waals surface area contributed by atoms with E-state index < -0.39 is 6.61 Å². The minimum atomic E-state index is -2.87. The average Bonchev–Trinajstić information content (AvgIpc) is 3.24. The smallest absolute Gasteiger partial charge is 0.387 e. The number of aryl methyl sites for hydroxylation is 1. The molecule has 0 aliphatic carbocycles. The van der Waals surface area contributed by atoms with Gasteiger partial charge in [0.15, 0.2) is 5.82 Å². The molecular weight excluding hydrogens is 410 g/mol. The van der Waals surface area contributed by atoms with Gasteiger partial charge < -0.3 is 9.72 Å². The molecule has 5 nitrogen and oxygen atoms in total. The van der Waals surface area contributed by atoms with Gasteiger partial charge >= 0.3 is 6.61 Å². The zero-order chi connectivity index (χ0) is 20.8. The Morgan fingerprint density at radius 3 is 2.47 bits per heavy atom. The summed E-state index contributed by atoms with van der Waals surface area (Å²) >= 11 is 0. The summed E-state index contributed by atoms with van der Waals surface area (Å²) in [6.07, 6.45) is 0. The van der Waals surface area contributed by atoms with Crippen LogP contribution in [-0.4, -0.2) is 26.4 Å². The maximum atomic E-state index is 12.7. The van der Waals surface area contributed by atoms with Crippen molar-refractivity contribution in [2.24, 2.45) is 7.05 Å². The second-order valence-electron chi connectivity index (χ2n) is 7.98. The van der Waals surface area contributed by atoms with Crippen molar-refractivity contribution in [1.82, 2.24) is 19.7 Å². The van der Waals surface area contributed by atoms with E-state index >= 15 is 0 Å². The normalized spacial score (nSPS) is 11.7. The highest BCUT2D eigenvalue weighted by molar-refractivity contribution is 5.86. The van der Waals surface area contributed by atoms with Gasteiger partial charge in [-0.25, -0.2) is 4.98 Å². The topological polar surface area (TPSA) is 55.7 Å². The molecule has 158 valence electrons. The third-order valence-corrected chi connectivity index (χ3v) is 4.79. The van der Waals surface area contributed by atoms with Gasteiger partial charge in [-0.15, -0.1) is 12.4 Å². The van der Waals surface area contributed by atoms with Crippen LogP contribution in [0.15, 0.2) is 48.5 Å². The van der Waals surface area contributed by atoms with E-state index in [2.05, 4.69) is 40.6 Å². The quantitative estimate of drug-likeness (QED) is 0.433. The molecule has 0 amide bonds. The lowest BCUT2D eigenvalue weighted by molar-refractivity contribution is -0.0494. The van der Waals surface area contributed by atoms with Crippen molar-refractivity contribution in [2.45, 2.75) is 32.8 Å². The summed E-state index contributed by atoms with van der Waals surface area (Å²) in [6, 6.07) is 14.4. The Labute approximate surface area is 179 Å². The summed E-state index contributed by atoms with van der Waals surface area (Å²) in [5, 5.41) is 4.60. The van der Waals surface area contributed by atoms with Crippen LogP contribution in [0.25, 0.3) is 33.7 Å². The number of hydrogen-bond acceptors (Lipinski definition) is 3. The zero-order valence-electron chi connectivity index (χ0n) is 17.1. The van der Waals surface area contributed by atoms with Crippen molar-refractivity contribution in [3.8, 4) is 28.4 Å². The minimum absolute atomic E-state index is 0. The van der Waals surface area contributed by atoms with Gasteiger partial charge in [0.2, 0.25) is 0 Å². The summed E-state index contributed by atoms with van der Waals surface area (Å²) in [5.41, 5.74) is 4.76. The van der Waals surface area contributed by atoms with Crippen LogP contribution in [0.3, 0.4) is 0 Å². The van der Waals surface area contributed by atoms with Crippen LogP contribution < -0.4 is 4.74 Å². The second kappa shape index (κ2) is 8.07. The molecule has 0 saturated carbocycles. The van der Waals surface area contributed by atoms with Gasteiger partial charge in [-0.2, -0.15) is 13.9 Å². The van der Waals surface area contributed by atoms with Crippen molar-refractivity contribution in [3.05, 3.63) is 54.2 Å². The Morgan fingerprint density at radius 2 is 1.80 bits per heavy atom. The molecule has 30 heavy (non-hydrogen) atoms. The van der Waals surface area contributed by atoms with E-state index in [-0.39, 0.29) is 23.6 Å². The zero-order valence-corrected chi connectivity index (χ0v) is 17.9. The van der Waals surface area contributed by atoms with Gasteiger partial charge in [0.1, 0.15) is 11.4 Å². The minimum Gasteiger partial charge on any atom is -0.434 e. The molecule has 0 spiro atoms. The number of H-pyrrole nitrogens is 1. The van der Waals surface area contributed by atoms with Crippen molar-refractivity contribution < 1.29 is 13.5 Å². The molecule has 0 fully saturated rings. The molecule has 0 atom stereocenters. The molecular formula is C22H23ClF2N4O. The fraction of sp³-hybridized carbons (Fsp3) is 0.273. The van der Waals surface area contributed by atoms with Crippen molar-refractivity contribution in [2.75, 3.05) is 0 Å². The molecule has 0 bridgehead atoms. The second-order valence-corrected chi connectivity index (χ2v) is 7.98. The number of fused-ring (bicyclic) bond motifs is 1. The lowest BCUT2D eigenvalue weighted by Gasteiger charge is -2.13. The van der Waals surface area contributed by atoms with Crippen molar-refractivity contribution >= 4 is 23.4 Å². The SMILES string of the molecule is Cl.Cn1nc(C(C)(C)C)cc1-c1nc2ccc(-c3ccccc3OC(F)F)cc2[nH]1. The molecule has 1 N–H and O–H groups in total. The lowest BCUT2D eigenvalue weighted by atomic mass is 9.92. The van der Waals surface area contributed by atoms with E-state index in [1.807, 2.05) is 36.0 Å². The molecule has 0 radical (unpaired) electrons. The molecule has 0 aliphatic rings. The van der Waals surface area contributed by atoms with Crippen LogP contribution in [0.1, 0.15) is 26.5 Å². The first-order valence-corrected chi connectivity index (χ1v) is 9.31. The highest BCUT2D eigenvalue weighted by Crippen LogP contribution is 2.33. The number of hydrogen-bond donors (Lipinski definition) is 1. The van der Waals surface area contributed by atoms with Crippen molar-refractivity contribution in [3.63, 3.8) is 0 Å². The van der Waals surface area contributed by atoms with Crippen LogP contribution in [-0.2, 0) is 12.5 Å². The van der Waals surface area contributed by atoms with Gasteiger partial charge in [-0.1, -0.05) is 45.0 Å². The predicted molar refractivity (Wildman–Crippen MR) is 116 cm³/mol. The molecule has 4 aromatic rings. The number of alkyl halides is 2. The Balaban J connectivity index is 0.00000256. The third kappa shape index (κ3) is 4.16. The van der Waals surface area contributed by atoms with E-state index in [0.717, 1.165) is 28.0 Å². The van der Waals surface area contributed by atoms with Gasteiger partial charge in [-0.3, -0.25) is 4.68 Å². The van der Waals surface area contributed by atoms with Crippen LogP contribution >= 0.6 is 12.4 Å². The maximum absolute atomic E-state index is 12.7. The fourth-order valence-electron chi connectivity index (χ4n) is 3.26. The molecule has 2 aromatic carbocycles. The maximum Gasteiger partial charge on any atom is 0.387 e. The first-order valence-electron chi connectivity index (χ1n) is 9.31. The Morgan fingerprint density at radius 1 is 1.07 bits per heavy atom. The number of imidazole rings is 1. The van der Waals surface area contributed by atoms with Gasteiger partial charge in [0, 0.05) is 18.0 Å². The van der Waals surface area contributed by atoms with Crippen LogP contribution in [0, 0.1) is 0 Å². The van der Waals surface area contributed by atoms with Gasteiger partial charge in [0.25, 0.3) is 0 Å². The van der Waals surface area contributed by atoms with Gasteiger partial charge in [0.05, 0.1) is 16.7 Å². The summed E-state index contributed by atoms with van der Waals surface area (Å²) in [4.78, 5) is 8.00. The summed E-state index contributed by atoms with van der Waals surface area (Å²) in [6.45, 7) is 3.47. The Hall–Kier alpha value is -2.93. The van der Waals surface area contributed by atoms with Crippen LogP contribution in [0.4, 0.5) is 8.78 Å². The number of aromatic amines is 1. The first kappa shape index (κ1) is 21.8. The predicted octanol–water partition coefficient (Wildman–Crippen LogP) is 5.95. The number of aromatic nitrogens is 4. The molecule has 0 aliphatic heterocycles. The number of ether oxygens (including phenoxy) is 1. The lowest BCUT2D eigenvalue weighted by Crippen LogP contribution is -2.12. The molecule has 0 unspecified atom stereocenters. The summed E-state index contributed by atoms with van der Waals surface area (Å²) < 4.78 is 32.0. The number of rotatable bonds is 4.